The summed E-state index contributed by atoms with van der Waals surface area (Å²) < 4.78 is 5.34. The topological polar surface area (TPSA) is 75.6 Å². The summed E-state index contributed by atoms with van der Waals surface area (Å²) in [7, 11) is 0. The maximum atomic E-state index is 12.9. The van der Waals surface area contributed by atoms with Gasteiger partial charge in [-0.25, -0.2) is 0 Å². The number of hydrogen-bond donors (Lipinski definition) is 2. The lowest BCUT2D eigenvalue weighted by molar-refractivity contribution is -0.134. The van der Waals surface area contributed by atoms with Crippen LogP contribution in [0.2, 0.25) is 0 Å². The third kappa shape index (κ3) is 4.38. The molecule has 0 aliphatic carbocycles. The second kappa shape index (κ2) is 8.86. The van der Waals surface area contributed by atoms with E-state index in [1.54, 1.807) is 48.5 Å². The molecule has 0 fully saturated rings. The molecule has 28 heavy (non-hydrogen) atoms. The van der Waals surface area contributed by atoms with Crippen molar-refractivity contribution >= 4 is 23.1 Å². The average Bonchev–Trinajstić information content (AvgIpc) is 2.71. The highest BCUT2D eigenvalue weighted by atomic mass is 16.5. The van der Waals surface area contributed by atoms with Crippen LogP contribution in [0.3, 0.4) is 0 Å². The Labute approximate surface area is 163 Å². The van der Waals surface area contributed by atoms with E-state index in [2.05, 4.69) is 5.32 Å². The summed E-state index contributed by atoms with van der Waals surface area (Å²) in [5.41, 5.74) is 2.00. The molecular weight excluding hydrogens is 354 g/mol. The summed E-state index contributed by atoms with van der Waals surface area (Å²) >= 11 is 0. The zero-order chi connectivity index (χ0) is 19.9. The highest BCUT2D eigenvalue weighted by Gasteiger charge is 2.17. The first-order valence-corrected chi connectivity index (χ1v) is 9.08. The van der Waals surface area contributed by atoms with E-state index in [9.17, 15) is 14.7 Å². The summed E-state index contributed by atoms with van der Waals surface area (Å²) in [6, 6.07) is 20.8. The number of ether oxygens (including phenoxy) is 1. The number of hydrogen-bond acceptors (Lipinski definition) is 5. The Morgan fingerprint density at radius 1 is 0.893 bits per heavy atom. The van der Waals surface area contributed by atoms with Gasteiger partial charge in [0.2, 0.25) is 0 Å². The van der Waals surface area contributed by atoms with Crippen LogP contribution in [0.4, 0.5) is 11.4 Å². The average molecular weight is 375 g/mol. The van der Waals surface area contributed by atoms with E-state index in [1.807, 2.05) is 25.1 Å². The Balaban J connectivity index is 1.94. The van der Waals surface area contributed by atoms with Crippen molar-refractivity contribution in [1.82, 2.24) is 0 Å². The predicted octanol–water partition coefficient (Wildman–Crippen LogP) is 5.07. The van der Waals surface area contributed by atoms with E-state index in [0.29, 0.717) is 28.9 Å². The second-order valence-corrected chi connectivity index (χ2v) is 6.24. The van der Waals surface area contributed by atoms with Crippen molar-refractivity contribution in [2.24, 2.45) is 0 Å². The molecule has 0 saturated carbocycles. The number of ketones is 1. The van der Waals surface area contributed by atoms with Crippen molar-refractivity contribution in [1.29, 1.82) is 0 Å². The van der Waals surface area contributed by atoms with Gasteiger partial charge in [0, 0.05) is 23.2 Å². The number of anilines is 2. The van der Waals surface area contributed by atoms with Crippen LogP contribution in [0.15, 0.2) is 72.8 Å². The fourth-order valence-electron chi connectivity index (χ4n) is 2.78. The third-order valence-electron chi connectivity index (χ3n) is 4.14. The number of nitrogens with one attached hydrogen (secondary N) is 1. The van der Waals surface area contributed by atoms with E-state index in [4.69, 9.17) is 4.74 Å². The minimum atomic E-state index is -0.430. The molecule has 5 nitrogen and oxygen atoms in total. The molecule has 0 spiro atoms. The van der Waals surface area contributed by atoms with Gasteiger partial charge in [0.15, 0.2) is 17.3 Å². The summed E-state index contributed by atoms with van der Waals surface area (Å²) in [6.45, 7) is 1.87. The predicted molar refractivity (Wildman–Crippen MR) is 108 cm³/mol. The van der Waals surface area contributed by atoms with Gasteiger partial charge in [-0.1, -0.05) is 55.5 Å². The Hall–Kier alpha value is -3.60. The molecule has 3 aromatic carbocycles. The molecule has 0 aliphatic heterocycles. The first-order chi connectivity index (χ1) is 13.6. The summed E-state index contributed by atoms with van der Waals surface area (Å²) in [4.78, 5) is 24.8. The Morgan fingerprint density at radius 3 is 2.32 bits per heavy atom. The normalized spacial score (nSPS) is 10.3. The zero-order valence-electron chi connectivity index (χ0n) is 15.5. The van der Waals surface area contributed by atoms with Gasteiger partial charge in [-0.15, -0.1) is 0 Å². The van der Waals surface area contributed by atoms with Gasteiger partial charge < -0.3 is 15.2 Å². The second-order valence-electron chi connectivity index (χ2n) is 6.24. The Bertz CT molecular complexity index is 983. The first kappa shape index (κ1) is 19.2. The minimum absolute atomic E-state index is 0.0444. The van der Waals surface area contributed by atoms with Crippen LogP contribution < -0.4 is 10.1 Å². The summed E-state index contributed by atoms with van der Waals surface area (Å²) in [5.74, 6) is -0.668. The maximum absolute atomic E-state index is 12.9. The largest absolute Gasteiger partial charge is 0.504 e. The molecule has 5 heteroatoms. The lowest BCUT2D eigenvalue weighted by atomic mass is 10.0. The lowest BCUT2D eigenvalue weighted by Crippen LogP contribution is -2.10. The van der Waals surface area contributed by atoms with Gasteiger partial charge in [-0.2, -0.15) is 0 Å². The van der Waals surface area contributed by atoms with Crippen LogP contribution in [-0.2, 0) is 4.79 Å². The number of phenols is 1. The van der Waals surface area contributed by atoms with Crippen molar-refractivity contribution in [2.75, 3.05) is 5.32 Å². The molecule has 2 N–H and O–H groups in total. The number of para-hydroxylation sites is 2. The number of esters is 1. The van der Waals surface area contributed by atoms with Crippen LogP contribution in [0, 0.1) is 0 Å². The Kier molecular flexibility index (Phi) is 6.07. The molecule has 0 atom stereocenters. The summed E-state index contributed by atoms with van der Waals surface area (Å²) in [6.07, 6.45) is 0.889. The highest BCUT2D eigenvalue weighted by Crippen LogP contribution is 2.37. The molecule has 0 heterocycles. The number of carbonyl (C=O) groups is 2. The molecule has 0 amide bonds. The zero-order valence-corrected chi connectivity index (χ0v) is 15.5. The van der Waals surface area contributed by atoms with Crippen molar-refractivity contribution in [2.45, 2.75) is 19.8 Å². The van der Waals surface area contributed by atoms with Gasteiger partial charge in [-0.3, -0.25) is 9.59 Å². The molecular formula is C23H21NO4. The van der Waals surface area contributed by atoms with Crippen LogP contribution in [0.1, 0.15) is 35.7 Å². The molecule has 142 valence electrons. The number of rotatable bonds is 7. The lowest BCUT2D eigenvalue weighted by Gasteiger charge is -2.15. The van der Waals surface area contributed by atoms with Gasteiger partial charge in [-0.05, 0) is 30.7 Å². The van der Waals surface area contributed by atoms with Crippen molar-refractivity contribution in [3.05, 3.63) is 83.9 Å². The fourth-order valence-corrected chi connectivity index (χ4v) is 2.78. The number of carbonyl (C=O) groups excluding carboxylic acids is 2. The van der Waals surface area contributed by atoms with Crippen molar-refractivity contribution < 1.29 is 19.4 Å². The fraction of sp³-hybridized carbons (Fsp3) is 0.130. The van der Waals surface area contributed by atoms with E-state index in [0.717, 1.165) is 0 Å². The van der Waals surface area contributed by atoms with Crippen LogP contribution >= 0.6 is 0 Å². The minimum Gasteiger partial charge on any atom is -0.504 e. The SMILES string of the molecule is CCCC(=O)Oc1c(O)cccc1Nc1ccccc1C(=O)c1ccccc1. The van der Waals surface area contributed by atoms with Gasteiger partial charge in [0.25, 0.3) is 0 Å². The van der Waals surface area contributed by atoms with E-state index < -0.39 is 5.97 Å². The molecule has 0 radical (unpaired) electrons. The van der Waals surface area contributed by atoms with E-state index in [-0.39, 0.29) is 23.7 Å². The summed E-state index contributed by atoms with van der Waals surface area (Å²) in [5, 5.41) is 13.3. The van der Waals surface area contributed by atoms with Crippen molar-refractivity contribution in [3.63, 3.8) is 0 Å². The molecule has 0 bridgehead atoms. The quantitative estimate of drug-likeness (QED) is 0.342. The smallest absolute Gasteiger partial charge is 0.311 e. The molecule has 3 rings (SSSR count). The standard InChI is InChI=1S/C23H21NO4/c1-2-9-21(26)28-23-19(14-8-15-20(23)25)24-18-13-7-6-12-17(18)22(27)16-10-4-3-5-11-16/h3-8,10-15,24-25H,2,9H2,1H3. The van der Waals surface area contributed by atoms with Crippen LogP contribution in [0.25, 0.3) is 0 Å². The molecule has 3 aromatic rings. The van der Waals surface area contributed by atoms with E-state index >= 15 is 0 Å². The maximum Gasteiger partial charge on any atom is 0.311 e. The number of aromatic hydroxyl groups is 1. The molecule has 0 unspecified atom stereocenters. The molecule has 0 saturated heterocycles. The third-order valence-corrected chi connectivity index (χ3v) is 4.14. The van der Waals surface area contributed by atoms with E-state index in [1.165, 1.54) is 6.07 Å². The van der Waals surface area contributed by atoms with Crippen molar-refractivity contribution in [3.8, 4) is 11.5 Å². The van der Waals surface area contributed by atoms with Gasteiger partial charge in [0.05, 0.1) is 5.69 Å². The van der Waals surface area contributed by atoms with Gasteiger partial charge in [0.1, 0.15) is 0 Å². The Morgan fingerprint density at radius 2 is 1.57 bits per heavy atom. The molecule has 0 aliphatic rings. The first-order valence-electron chi connectivity index (χ1n) is 9.08. The van der Waals surface area contributed by atoms with Gasteiger partial charge >= 0.3 is 5.97 Å². The number of phenolic OH excluding ortho intramolecular Hbond substituents is 1. The highest BCUT2D eigenvalue weighted by molar-refractivity contribution is 6.12. The molecule has 0 aromatic heterocycles. The van der Waals surface area contributed by atoms with Crippen LogP contribution in [-0.4, -0.2) is 16.9 Å². The monoisotopic (exact) mass is 375 g/mol. The van der Waals surface area contributed by atoms with Crippen LogP contribution in [0.5, 0.6) is 11.5 Å². The number of benzene rings is 3.